The average molecular weight is 225 g/mol. The van der Waals surface area contributed by atoms with Crippen LogP contribution >= 0.6 is 0 Å². The monoisotopic (exact) mass is 224 g/mol. The van der Waals surface area contributed by atoms with Gasteiger partial charge in [0.2, 0.25) is 0 Å². The summed E-state index contributed by atoms with van der Waals surface area (Å²) in [6.07, 6.45) is 4.89. The van der Waals surface area contributed by atoms with Crippen molar-refractivity contribution in [3.63, 3.8) is 0 Å². The van der Waals surface area contributed by atoms with E-state index in [0.717, 1.165) is 23.4 Å². The van der Waals surface area contributed by atoms with Crippen molar-refractivity contribution in [3.8, 4) is 11.3 Å². The van der Waals surface area contributed by atoms with Crippen LogP contribution < -0.4 is 17.0 Å². The van der Waals surface area contributed by atoms with Gasteiger partial charge >= 0.3 is 0 Å². The molecule has 0 aliphatic rings. The lowest BCUT2D eigenvalue weighted by Crippen LogP contribution is -3.00. The largest absolute Gasteiger partial charge is 1.00 e. The summed E-state index contributed by atoms with van der Waals surface area (Å²) in [6.45, 7) is 2.06. The second kappa shape index (κ2) is 4.94. The van der Waals surface area contributed by atoms with Crippen LogP contribution in [0.4, 0.5) is 0 Å². The highest BCUT2D eigenvalue weighted by molar-refractivity contribution is 5.55. The molecule has 0 radical (unpaired) electrons. The van der Waals surface area contributed by atoms with Crippen molar-refractivity contribution >= 4 is 0 Å². The van der Waals surface area contributed by atoms with Gasteiger partial charge in [0, 0.05) is 23.8 Å². The van der Waals surface area contributed by atoms with Crippen LogP contribution in [0, 0.1) is 0 Å². The third kappa shape index (κ3) is 2.57. The van der Waals surface area contributed by atoms with Crippen LogP contribution in [0.15, 0.2) is 35.1 Å². The maximum absolute atomic E-state index is 5.22. The zero-order chi connectivity index (χ0) is 9.97. The zero-order valence-electron chi connectivity index (χ0n) is 8.77. The summed E-state index contributed by atoms with van der Waals surface area (Å²) in [7, 11) is 1.99. The van der Waals surface area contributed by atoms with Crippen LogP contribution in [0.3, 0.4) is 0 Å². The number of nitrogens with zero attached hydrogens (tertiary/aromatic N) is 2. The van der Waals surface area contributed by atoms with Gasteiger partial charge in [-0.15, -0.1) is 0 Å². The minimum atomic E-state index is 0. The number of hydrogen-bond donors (Lipinski definition) is 0. The highest BCUT2D eigenvalue weighted by atomic mass is 35.5. The van der Waals surface area contributed by atoms with Crippen LogP contribution in [0.1, 0.15) is 12.6 Å². The molecule has 0 spiro atoms. The molecule has 2 aromatic rings. The van der Waals surface area contributed by atoms with Crippen LogP contribution in [-0.2, 0) is 13.5 Å². The van der Waals surface area contributed by atoms with E-state index in [-0.39, 0.29) is 12.4 Å². The SMILES string of the molecule is CCc1cc(-c2cc[n+](C)cc2)on1.[Cl-]. The van der Waals surface area contributed by atoms with E-state index in [9.17, 15) is 0 Å². The lowest BCUT2D eigenvalue weighted by atomic mass is 10.2. The van der Waals surface area contributed by atoms with E-state index in [0.29, 0.717) is 0 Å². The molecule has 0 saturated carbocycles. The van der Waals surface area contributed by atoms with Gasteiger partial charge in [-0.25, -0.2) is 4.57 Å². The summed E-state index contributed by atoms with van der Waals surface area (Å²) >= 11 is 0. The molecular weight excluding hydrogens is 212 g/mol. The summed E-state index contributed by atoms with van der Waals surface area (Å²) < 4.78 is 7.21. The maximum atomic E-state index is 5.22. The van der Waals surface area contributed by atoms with E-state index < -0.39 is 0 Å². The van der Waals surface area contributed by atoms with Gasteiger partial charge in [0.1, 0.15) is 7.05 Å². The van der Waals surface area contributed by atoms with Crippen molar-refractivity contribution in [1.29, 1.82) is 0 Å². The fourth-order valence-electron chi connectivity index (χ4n) is 1.28. The van der Waals surface area contributed by atoms with Crippen molar-refractivity contribution in [2.45, 2.75) is 13.3 Å². The lowest BCUT2D eigenvalue weighted by Gasteiger charge is -1.91. The van der Waals surface area contributed by atoms with Crippen LogP contribution in [0.5, 0.6) is 0 Å². The van der Waals surface area contributed by atoms with E-state index in [1.807, 2.05) is 42.2 Å². The van der Waals surface area contributed by atoms with Crippen LogP contribution in [-0.4, -0.2) is 5.16 Å². The first-order valence-corrected chi connectivity index (χ1v) is 4.71. The molecule has 0 aromatic carbocycles. The van der Waals surface area contributed by atoms with Gasteiger partial charge in [0.15, 0.2) is 18.2 Å². The van der Waals surface area contributed by atoms with Gasteiger partial charge in [-0.1, -0.05) is 12.1 Å². The number of halogens is 1. The normalized spacial score (nSPS) is 9.73. The minimum absolute atomic E-state index is 0. The molecule has 0 saturated heterocycles. The number of aryl methyl sites for hydroxylation is 2. The van der Waals surface area contributed by atoms with Crippen molar-refractivity contribution in [2.24, 2.45) is 7.05 Å². The fourth-order valence-corrected chi connectivity index (χ4v) is 1.28. The molecule has 0 aliphatic carbocycles. The molecule has 0 unspecified atom stereocenters. The summed E-state index contributed by atoms with van der Waals surface area (Å²) in [6, 6.07) is 6.01. The molecule has 2 rings (SSSR count). The molecule has 0 atom stereocenters. The van der Waals surface area contributed by atoms with Gasteiger partial charge in [-0.3, -0.25) is 0 Å². The van der Waals surface area contributed by atoms with E-state index in [2.05, 4.69) is 12.1 Å². The Morgan fingerprint density at radius 1 is 1.33 bits per heavy atom. The van der Waals surface area contributed by atoms with Crippen molar-refractivity contribution in [1.82, 2.24) is 5.16 Å². The molecule has 15 heavy (non-hydrogen) atoms. The number of hydrogen-bond acceptors (Lipinski definition) is 2. The topological polar surface area (TPSA) is 29.9 Å². The molecule has 3 nitrogen and oxygen atoms in total. The summed E-state index contributed by atoms with van der Waals surface area (Å²) in [5.74, 6) is 0.836. The van der Waals surface area contributed by atoms with E-state index in [1.165, 1.54) is 0 Å². The Balaban J connectivity index is 0.00000112. The minimum Gasteiger partial charge on any atom is -1.00 e. The first kappa shape index (κ1) is 11.7. The predicted octanol–water partition coefficient (Wildman–Crippen LogP) is -1.27. The predicted molar refractivity (Wildman–Crippen MR) is 52.5 cm³/mol. The molecule has 0 bridgehead atoms. The molecule has 80 valence electrons. The first-order valence-electron chi connectivity index (χ1n) is 4.71. The molecule has 0 N–H and O–H groups in total. The fraction of sp³-hybridized carbons (Fsp3) is 0.273. The third-order valence-electron chi connectivity index (χ3n) is 2.18. The molecular formula is C11H13ClN2O. The lowest BCUT2D eigenvalue weighted by molar-refractivity contribution is -0.671. The smallest absolute Gasteiger partial charge is 0.169 e. The van der Waals surface area contributed by atoms with Crippen LogP contribution in [0.2, 0.25) is 0 Å². The van der Waals surface area contributed by atoms with Gasteiger partial charge in [-0.2, -0.15) is 0 Å². The molecule has 0 fully saturated rings. The average Bonchev–Trinajstić information content (AvgIpc) is 2.67. The Labute approximate surface area is 95.1 Å². The van der Waals surface area contributed by atoms with E-state index in [4.69, 9.17) is 4.52 Å². The summed E-state index contributed by atoms with van der Waals surface area (Å²) in [5.41, 5.74) is 2.06. The second-order valence-corrected chi connectivity index (χ2v) is 3.29. The van der Waals surface area contributed by atoms with Gasteiger partial charge in [-0.05, 0) is 6.42 Å². The van der Waals surface area contributed by atoms with E-state index >= 15 is 0 Å². The van der Waals surface area contributed by atoms with Crippen molar-refractivity contribution in [2.75, 3.05) is 0 Å². The maximum Gasteiger partial charge on any atom is 0.169 e. The number of aromatic nitrogens is 2. The summed E-state index contributed by atoms with van der Waals surface area (Å²) in [5, 5.41) is 3.95. The molecule has 2 aromatic heterocycles. The zero-order valence-corrected chi connectivity index (χ0v) is 9.53. The van der Waals surface area contributed by atoms with Gasteiger partial charge in [0.25, 0.3) is 0 Å². The molecule has 0 amide bonds. The molecule has 4 heteroatoms. The van der Waals surface area contributed by atoms with Gasteiger partial charge in [0.05, 0.1) is 5.69 Å². The Kier molecular flexibility index (Phi) is 3.86. The van der Waals surface area contributed by atoms with E-state index in [1.54, 1.807) is 0 Å². The van der Waals surface area contributed by atoms with Crippen LogP contribution in [0.25, 0.3) is 11.3 Å². The van der Waals surface area contributed by atoms with Crippen molar-refractivity contribution < 1.29 is 21.5 Å². The Morgan fingerprint density at radius 2 is 2.00 bits per heavy atom. The highest BCUT2D eigenvalue weighted by Gasteiger charge is 2.06. The Morgan fingerprint density at radius 3 is 2.53 bits per heavy atom. The van der Waals surface area contributed by atoms with Crippen molar-refractivity contribution in [3.05, 3.63) is 36.3 Å². The standard InChI is InChI=1S/C11H13N2O.ClH/c1-3-10-8-11(14-12-10)9-4-6-13(2)7-5-9;/h4-8H,3H2,1-2H3;1H/q+1;/p-1. The highest BCUT2D eigenvalue weighted by Crippen LogP contribution is 2.18. The first-order chi connectivity index (χ1) is 6.79. The van der Waals surface area contributed by atoms with Gasteiger partial charge < -0.3 is 16.9 Å². The molecule has 0 aliphatic heterocycles. The summed E-state index contributed by atoms with van der Waals surface area (Å²) in [4.78, 5) is 0. The quantitative estimate of drug-likeness (QED) is 0.596. The Hall–Kier alpha value is -1.35. The second-order valence-electron chi connectivity index (χ2n) is 3.29. The molecule has 2 heterocycles. The Bertz CT molecular complexity index is 422. The third-order valence-corrected chi connectivity index (χ3v) is 2.18. The number of rotatable bonds is 2. The number of pyridine rings is 1.